The van der Waals surface area contributed by atoms with Crippen LogP contribution in [-0.4, -0.2) is 4.98 Å². The Morgan fingerprint density at radius 3 is 3.00 bits per heavy atom. The lowest BCUT2D eigenvalue weighted by molar-refractivity contribution is 0.398. The van der Waals surface area contributed by atoms with Crippen LogP contribution in [0.15, 0.2) is 41.0 Å². The molecule has 0 saturated heterocycles. The first kappa shape index (κ1) is 14.6. The van der Waals surface area contributed by atoms with Crippen LogP contribution >= 0.6 is 15.9 Å². The fourth-order valence-electron chi connectivity index (χ4n) is 3.12. The van der Waals surface area contributed by atoms with Crippen molar-refractivity contribution in [3.63, 3.8) is 0 Å². The molecular formula is C16H17BrFN3. The number of aromatic nitrogens is 1. The second-order valence-electron chi connectivity index (χ2n) is 5.36. The number of fused-ring (bicyclic) bond motifs is 1. The molecule has 0 spiro atoms. The molecule has 0 fully saturated rings. The highest BCUT2D eigenvalue weighted by Crippen LogP contribution is 2.39. The van der Waals surface area contributed by atoms with Gasteiger partial charge in [0.05, 0.1) is 10.5 Å². The second kappa shape index (κ2) is 6.22. The Balaban J connectivity index is 1.99. The molecule has 21 heavy (non-hydrogen) atoms. The molecule has 2 unspecified atom stereocenters. The molecule has 5 heteroatoms. The van der Waals surface area contributed by atoms with Gasteiger partial charge in [0, 0.05) is 17.8 Å². The van der Waals surface area contributed by atoms with Crippen molar-refractivity contribution < 1.29 is 4.39 Å². The maximum atomic E-state index is 13.8. The highest BCUT2D eigenvalue weighted by molar-refractivity contribution is 9.10. The third-order valence-electron chi connectivity index (χ3n) is 4.12. The average Bonchev–Trinajstić information content (AvgIpc) is 2.52. The van der Waals surface area contributed by atoms with Crippen molar-refractivity contribution in [3.05, 3.63) is 63.6 Å². The zero-order valence-electron chi connectivity index (χ0n) is 11.5. The standard InChI is InChI=1S/C16H17BrFN3/c17-13-7-6-11(9-14(13)18)16(21-19)12-5-1-3-10-4-2-8-20-15(10)12/h2,4,6-9,12,16,21H,1,3,5,19H2. The molecule has 0 bridgehead atoms. The number of aryl methyl sites for hydroxylation is 1. The first-order chi connectivity index (χ1) is 10.2. The van der Waals surface area contributed by atoms with Gasteiger partial charge in [0.1, 0.15) is 5.82 Å². The van der Waals surface area contributed by atoms with Gasteiger partial charge in [0.25, 0.3) is 0 Å². The van der Waals surface area contributed by atoms with Crippen LogP contribution in [0, 0.1) is 5.82 Å². The van der Waals surface area contributed by atoms with Crippen molar-refractivity contribution in [2.75, 3.05) is 0 Å². The molecule has 3 nitrogen and oxygen atoms in total. The number of hydrogen-bond donors (Lipinski definition) is 2. The molecule has 0 amide bonds. The van der Waals surface area contributed by atoms with Gasteiger partial charge in [-0.25, -0.2) is 4.39 Å². The summed E-state index contributed by atoms with van der Waals surface area (Å²) in [7, 11) is 0. The molecule has 0 aliphatic heterocycles. The number of benzene rings is 1. The predicted molar refractivity (Wildman–Crippen MR) is 84.1 cm³/mol. The van der Waals surface area contributed by atoms with E-state index in [0.29, 0.717) is 4.47 Å². The molecule has 0 radical (unpaired) electrons. The summed E-state index contributed by atoms with van der Waals surface area (Å²) in [5.74, 6) is 5.66. The SMILES string of the molecule is NNC(c1ccc(Br)c(F)c1)C1CCCc2cccnc21. The van der Waals surface area contributed by atoms with E-state index in [4.69, 9.17) is 5.84 Å². The molecule has 0 saturated carbocycles. The van der Waals surface area contributed by atoms with Crippen molar-refractivity contribution in [2.45, 2.75) is 31.2 Å². The molecule has 1 aliphatic carbocycles. The fraction of sp³-hybridized carbons (Fsp3) is 0.312. The normalized spacial score (nSPS) is 19.1. The van der Waals surface area contributed by atoms with E-state index in [1.807, 2.05) is 18.3 Å². The van der Waals surface area contributed by atoms with Crippen LogP contribution in [0.4, 0.5) is 4.39 Å². The van der Waals surface area contributed by atoms with Crippen LogP contribution < -0.4 is 11.3 Å². The molecule has 2 atom stereocenters. The van der Waals surface area contributed by atoms with Gasteiger partial charge in [-0.05, 0) is 64.5 Å². The summed E-state index contributed by atoms with van der Waals surface area (Å²) in [4.78, 5) is 4.54. The summed E-state index contributed by atoms with van der Waals surface area (Å²) in [5.41, 5.74) is 6.05. The smallest absolute Gasteiger partial charge is 0.137 e. The lowest BCUT2D eigenvalue weighted by Gasteiger charge is -2.31. The van der Waals surface area contributed by atoms with Crippen molar-refractivity contribution in [3.8, 4) is 0 Å². The summed E-state index contributed by atoms with van der Waals surface area (Å²) < 4.78 is 14.3. The maximum absolute atomic E-state index is 13.8. The van der Waals surface area contributed by atoms with Crippen molar-refractivity contribution >= 4 is 15.9 Å². The molecule has 1 aromatic carbocycles. The number of pyridine rings is 1. The summed E-state index contributed by atoms with van der Waals surface area (Å²) in [6.45, 7) is 0. The predicted octanol–water partition coefficient (Wildman–Crippen LogP) is 3.61. The average molecular weight is 350 g/mol. The summed E-state index contributed by atoms with van der Waals surface area (Å²) in [5, 5.41) is 0. The van der Waals surface area contributed by atoms with Crippen molar-refractivity contribution in [2.24, 2.45) is 5.84 Å². The van der Waals surface area contributed by atoms with E-state index in [9.17, 15) is 4.39 Å². The van der Waals surface area contributed by atoms with Crippen LogP contribution in [-0.2, 0) is 6.42 Å². The van der Waals surface area contributed by atoms with Gasteiger partial charge in [0.2, 0.25) is 0 Å². The topological polar surface area (TPSA) is 50.9 Å². The van der Waals surface area contributed by atoms with Gasteiger partial charge in [-0.2, -0.15) is 0 Å². The van der Waals surface area contributed by atoms with E-state index in [1.54, 1.807) is 6.07 Å². The molecule has 3 rings (SSSR count). The van der Waals surface area contributed by atoms with Crippen LogP contribution in [0.2, 0.25) is 0 Å². The first-order valence-corrected chi connectivity index (χ1v) is 7.85. The van der Waals surface area contributed by atoms with E-state index in [-0.39, 0.29) is 17.8 Å². The Bertz CT molecular complexity index is 647. The minimum atomic E-state index is -0.273. The van der Waals surface area contributed by atoms with Crippen LogP contribution in [0.25, 0.3) is 0 Å². The van der Waals surface area contributed by atoms with Crippen LogP contribution in [0.1, 0.15) is 41.6 Å². The Hall–Kier alpha value is -1.30. The van der Waals surface area contributed by atoms with Crippen LogP contribution in [0.3, 0.4) is 0 Å². The maximum Gasteiger partial charge on any atom is 0.137 e. The van der Waals surface area contributed by atoms with Crippen molar-refractivity contribution in [1.29, 1.82) is 0 Å². The molecule has 1 aromatic heterocycles. The summed E-state index contributed by atoms with van der Waals surface area (Å²) in [6, 6.07) is 9.09. The van der Waals surface area contributed by atoms with E-state index < -0.39 is 0 Å². The van der Waals surface area contributed by atoms with Gasteiger partial charge in [-0.15, -0.1) is 0 Å². The lowest BCUT2D eigenvalue weighted by Crippen LogP contribution is -2.34. The number of halogens is 2. The number of rotatable bonds is 3. The number of nitrogens with two attached hydrogens (primary N) is 1. The monoisotopic (exact) mass is 349 g/mol. The number of nitrogens with zero attached hydrogens (tertiary/aromatic N) is 1. The lowest BCUT2D eigenvalue weighted by atomic mass is 9.80. The minimum Gasteiger partial charge on any atom is -0.271 e. The van der Waals surface area contributed by atoms with E-state index >= 15 is 0 Å². The molecule has 110 valence electrons. The molecule has 2 aromatic rings. The third kappa shape index (κ3) is 2.86. The van der Waals surface area contributed by atoms with E-state index in [0.717, 1.165) is 30.5 Å². The summed E-state index contributed by atoms with van der Waals surface area (Å²) >= 11 is 3.18. The van der Waals surface area contributed by atoms with Gasteiger partial charge in [-0.3, -0.25) is 16.3 Å². The number of hydrogen-bond acceptors (Lipinski definition) is 3. The molecular weight excluding hydrogens is 333 g/mol. The third-order valence-corrected chi connectivity index (χ3v) is 4.77. The molecule has 1 aliphatic rings. The van der Waals surface area contributed by atoms with Gasteiger partial charge in [0.15, 0.2) is 0 Å². The molecule has 3 N–H and O–H groups in total. The minimum absolute atomic E-state index is 0.137. The van der Waals surface area contributed by atoms with Crippen LogP contribution in [0.5, 0.6) is 0 Å². The van der Waals surface area contributed by atoms with Gasteiger partial charge >= 0.3 is 0 Å². The number of hydrazine groups is 1. The summed E-state index contributed by atoms with van der Waals surface area (Å²) in [6.07, 6.45) is 4.95. The van der Waals surface area contributed by atoms with E-state index in [1.165, 1.54) is 11.6 Å². The zero-order chi connectivity index (χ0) is 14.8. The Morgan fingerprint density at radius 1 is 1.38 bits per heavy atom. The first-order valence-electron chi connectivity index (χ1n) is 7.05. The van der Waals surface area contributed by atoms with E-state index in [2.05, 4.69) is 32.4 Å². The van der Waals surface area contributed by atoms with Gasteiger partial charge < -0.3 is 0 Å². The van der Waals surface area contributed by atoms with Gasteiger partial charge in [-0.1, -0.05) is 12.1 Å². The Kier molecular flexibility index (Phi) is 4.33. The number of nitrogens with one attached hydrogen (secondary N) is 1. The quantitative estimate of drug-likeness (QED) is 0.657. The second-order valence-corrected chi connectivity index (χ2v) is 6.22. The Morgan fingerprint density at radius 2 is 2.24 bits per heavy atom. The fourth-order valence-corrected chi connectivity index (χ4v) is 3.37. The van der Waals surface area contributed by atoms with Crippen molar-refractivity contribution in [1.82, 2.24) is 10.4 Å². The zero-order valence-corrected chi connectivity index (χ0v) is 13.1. The Labute approximate surface area is 131 Å². The largest absolute Gasteiger partial charge is 0.271 e. The molecule has 1 heterocycles. The highest BCUT2D eigenvalue weighted by atomic mass is 79.9. The highest BCUT2D eigenvalue weighted by Gasteiger charge is 2.29.